The lowest BCUT2D eigenvalue weighted by molar-refractivity contribution is 0.209. The highest BCUT2D eigenvalue weighted by atomic mass is 19.1. The van der Waals surface area contributed by atoms with Gasteiger partial charge in [-0.15, -0.1) is 0 Å². The number of benzene rings is 1. The summed E-state index contributed by atoms with van der Waals surface area (Å²) in [5, 5.41) is 10.1. The fourth-order valence-electron chi connectivity index (χ4n) is 1.68. The molecule has 3 nitrogen and oxygen atoms in total. The van der Waals surface area contributed by atoms with Gasteiger partial charge in [-0.25, -0.2) is 8.78 Å². The molecule has 1 N–H and O–H groups in total. The Morgan fingerprint density at radius 2 is 2.00 bits per heavy atom. The zero-order chi connectivity index (χ0) is 13.1. The van der Waals surface area contributed by atoms with Crippen LogP contribution in [0.15, 0.2) is 36.7 Å². The number of aliphatic hydroxyl groups is 1. The quantitative estimate of drug-likeness (QED) is 0.911. The summed E-state index contributed by atoms with van der Waals surface area (Å²) in [5.41, 5.74) is 0.191. The maximum Gasteiger partial charge on any atom is 0.143 e. The summed E-state index contributed by atoms with van der Waals surface area (Å²) >= 11 is 0. The predicted molar refractivity (Wildman–Crippen MR) is 61.2 cm³/mol. The molecule has 18 heavy (non-hydrogen) atoms. The van der Waals surface area contributed by atoms with Crippen molar-refractivity contribution in [3.8, 4) is 5.75 Å². The van der Waals surface area contributed by atoms with Crippen molar-refractivity contribution < 1.29 is 18.6 Å². The molecule has 0 radical (unpaired) electrons. The molecule has 5 heteroatoms. The number of ether oxygens (including phenoxy) is 1. The minimum Gasteiger partial charge on any atom is -0.495 e. The van der Waals surface area contributed by atoms with Gasteiger partial charge in [-0.1, -0.05) is 0 Å². The molecule has 0 saturated heterocycles. The van der Waals surface area contributed by atoms with Crippen molar-refractivity contribution in [1.82, 2.24) is 4.98 Å². The number of rotatable bonds is 3. The van der Waals surface area contributed by atoms with Gasteiger partial charge in [0.2, 0.25) is 0 Å². The van der Waals surface area contributed by atoms with Crippen molar-refractivity contribution in [2.75, 3.05) is 7.11 Å². The van der Waals surface area contributed by atoms with Gasteiger partial charge in [0.15, 0.2) is 0 Å². The number of nitrogens with zero attached hydrogens (tertiary/aromatic N) is 1. The molecule has 2 rings (SSSR count). The molecular formula is C13H11F2NO2. The normalized spacial score (nSPS) is 12.2. The Morgan fingerprint density at radius 1 is 1.22 bits per heavy atom. The molecule has 1 atom stereocenters. The van der Waals surface area contributed by atoms with Gasteiger partial charge < -0.3 is 9.84 Å². The van der Waals surface area contributed by atoms with E-state index in [2.05, 4.69) is 4.98 Å². The van der Waals surface area contributed by atoms with E-state index < -0.39 is 17.7 Å². The minimum absolute atomic E-state index is 0.139. The fourth-order valence-corrected chi connectivity index (χ4v) is 1.68. The highest BCUT2D eigenvalue weighted by Gasteiger charge is 2.19. The standard InChI is InChI=1S/C13H11F2NO2/c1-18-12-7-16-5-4-9(12)13(17)10-6-8(14)2-3-11(10)15/h2-7,13,17H,1H3. The molecule has 0 spiro atoms. The first kappa shape index (κ1) is 12.4. The first-order chi connectivity index (χ1) is 8.63. The Kier molecular flexibility index (Phi) is 3.53. The molecule has 0 aliphatic rings. The number of halogens is 2. The largest absolute Gasteiger partial charge is 0.495 e. The summed E-state index contributed by atoms with van der Waals surface area (Å²) in [4.78, 5) is 3.83. The summed E-state index contributed by atoms with van der Waals surface area (Å²) < 4.78 is 31.7. The van der Waals surface area contributed by atoms with E-state index in [1.807, 2.05) is 0 Å². The molecule has 0 aliphatic heterocycles. The number of hydrogen-bond donors (Lipinski definition) is 1. The lowest BCUT2D eigenvalue weighted by Crippen LogP contribution is -2.05. The van der Waals surface area contributed by atoms with E-state index in [9.17, 15) is 13.9 Å². The van der Waals surface area contributed by atoms with Crippen LogP contribution in [0.5, 0.6) is 5.75 Å². The fraction of sp³-hybridized carbons (Fsp3) is 0.154. The number of aliphatic hydroxyl groups excluding tert-OH is 1. The second-order valence-electron chi connectivity index (χ2n) is 3.69. The Hall–Kier alpha value is -2.01. The van der Waals surface area contributed by atoms with Crippen LogP contribution >= 0.6 is 0 Å². The van der Waals surface area contributed by atoms with Crippen LogP contribution < -0.4 is 4.74 Å². The SMILES string of the molecule is COc1cnccc1C(O)c1cc(F)ccc1F. The van der Waals surface area contributed by atoms with Crippen LogP contribution in [0.1, 0.15) is 17.2 Å². The topological polar surface area (TPSA) is 42.4 Å². The highest BCUT2D eigenvalue weighted by molar-refractivity contribution is 5.38. The molecule has 0 bridgehead atoms. The third kappa shape index (κ3) is 2.31. The number of pyridine rings is 1. The van der Waals surface area contributed by atoms with Crippen LogP contribution in [0.3, 0.4) is 0 Å². The summed E-state index contributed by atoms with van der Waals surface area (Å²) in [7, 11) is 1.41. The van der Waals surface area contributed by atoms with Gasteiger partial charge in [0, 0.05) is 17.3 Å². The van der Waals surface area contributed by atoms with Crippen molar-refractivity contribution in [2.45, 2.75) is 6.10 Å². The van der Waals surface area contributed by atoms with E-state index in [1.54, 1.807) is 0 Å². The lowest BCUT2D eigenvalue weighted by atomic mass is 10.0. The van der Waals surface area contributed by atoms with Crippen LogP contribution in [-0.2, 0) is 0 Å². The van der Waals surface area contributed by atoms with Crippen LogP contribution in [-0.4, -0.2) is 17.2 Å². The maximum atomic E-state index is 13.6. The van der Waals surface area contributed by atoms with Crippen molar-refractivity contribution in [3.63, 3.8) is 0 Å². The molecular weight excluding hydrogens is 240 g/mol. The summed E-state index contributed by atoms with van der Waals surface area (Å²) in [6.07, 6.45) is 1.53. The zero-order valence-electron chi connectivity index (χ0n) is 9.60. The molecule has 1 aromatic carbocycles. The van der Waals surface area contributed by atoms with Crippen molar-refractivity contribution >= 4 is 0 Å². The van der Waals surface area contributed by atoms with Gasteiger partial charge in [0.25, 0.3) is 0 Å². The monoisotopic (exact) mass is 251 g/mol. The Morgan fingerprint density at radius 3 is 2.72 bits per heavy atom. The molecule has 1 heterocycles. The van der Waals surface area contributed by atoms with Gasteiger partial charge in [-0.3, -0.25) is 4.98 Å². The van der Waals surface area contributed by atoms with Crippen LogP contribution in [0.4, 0.5) is 8.78 Å². The van der Waals surface area contributed by atoms with Gasteiger partial charge in [-0.2, -0.15) is 0 Å². The molecule has 2 aromatic rings. The second-order valence-corrected chi connectivity index (χ2v) is 3.69. The molecule has 1 unspecified atom stereocenters. The van der Waals surface area contributed by atoms with Crippen molar-refractivity contribution in [3.05, 3.63) is 59.4 Å². The molecule has 0 saturated carbocycles. The second kappa shape index (κ2) is 5.10. The van der Waals surface area contributed by atoms with Gasteiger partial charge in [0.1, 0.15) is 23.5 Å². The van der Waals surface area contributed by atoms with E-state index in [0.29, 0.717) is 11.3 Å². The smallest absolute Gasteiger partial charge is 0.143 e. The van der Waals surface area contributed by atoms with E-state index in [-0.39, 0.29) is 5.56 Å². The molecule has 94 valence electrons. The first-order valence-corrected chi connectivity index (χ1v) is 5.24. The maximum absolute atomic E-state index is 13.6. The minimum atomic E-state index is -1.31. The first-order valence-electron chi connectivity index (χ1n) is 5.24. The van der Waals surface area contributed by atoms with E-state index >= 15 is 0 Å². The van der Waals surface area contributed by atoms with Gasteiger partial charge in [0.05, 0.1) is 13.3 Å². The third-order valence-corrected chi connectivity index (χ3v) is 2.58. The highest BCUT2D eigenvalue weighted by Crippen LogP contribution is 2.30. The molecule has 0 aliphatic carbocycles. The lowest BCUT2D eigenvalue weighted by Gasteiger charge is -2.15. The number of hydrogen-bond acceptors (Lipinski definition) is 3. The summed E-state index contributed by atoms with van der Waals surface area (Å²) in [6.45, 7) is 0. The third-order valence-electron chi connectivity index (χ3n) is 2.58. The summed E-state index contributed by atoms with van der Waals surface area (Å²) in [5.74, 6) is -0.977. The molecule has 1 aromatic heterocycles. The zero-order valence-corrected chi connectivity index (χ0v) is 9.60. The molecule has 0 amide bonds. The average Bonchev–Trinajstić information content (AvgIpc) is 2.40. The summed E-state index contributed by atoms with van der Waals surface area (Å²) in [6, 6.07) is 4.42. The average molecular weight is 251 g/mol. The Labute approximate surface area is 103 Å². The van der Waals surface area contributed by atoms with Crippen LogP contribution in [0.25, 0.3) is 0 Å². The number of methoxy groups -OCH3 is 1. The van der Waals surface area contributed by atoms with Crippen molar-refractivity contribution in [1.29, 1.82) is 0 Å². The molecule has 0 fully saturated rings. The Balaban J connectivity index is 2.47. The van der Waals surface area contributed by atoms with E-state index in [4.69, 9.17) is 4.74 Å². The Bertz CT molecular complexity index is 560. The van der Waals surface area contributed by atoms with Crippen molar-refractivity contribution in [2.24, 2.45) is 0 Å². The number of aromatic nitrogens is 1. The van der Waals surface area contributed by atoms with Gasteiger partial charge in [-0.05, 0) is 24.3 Å². The van der Waals surface area contributed by atoms with Crippen LogP contribution in [0, 0.1) is 11.6 Å². The van der Waals surface area contributed by atoms with Gasteiger partial charge >= 0.3 is 0 Å². The predicted octanol–water partition coefficient (Wildman–Crippen LogP) is 2.45. The van der Waals surface area contributed by atoms with E-state index in [0.717, 1.165) is 18.2 Å². The van der Waals surface area contributed by atoms with E-state index in [1.165, 1.54) is 25.6 Å². The van der Waals surface area contributed by atoms with Crippen LogP contribution in [0.2, 0.25) is 0 Å².